The van der Waals surface area contributed by atoms with Gasteiger partial charge in [0, 0.05) is 23.8 Å². The molecule has 0 aliphatic carbocycles. The van der Waals surface area contributed by atoms with E-state index >= 15 is 0 Å². The van der Waals surface area contributed by atoms with Gasteiger partial charge < -0.3 is 4.90 Å². The summed E-state index contributed by atoms with van der Waals surface area (Å²) in [6, 6.07) is 2.93. The van der Waals surface area contributed by atoms with Gasteiger partial charge in [-0.05, 0) is 37.0 Å². The van der Waals surface area contributed by atoms with Crippen LogP contribution >= 0.6 is 10.7 Å². The van der Waals surface area contributed by atoms with Crippen LogP contribution in [0.5, 0.6) is 0 Å². The van der Waals surface area contributed by atoms with Gasteiger partial charge in [0.05, 0.1) is 10.5 Å². The van der Waals surface area contributed by atoms with Crippen molar-refractivity contribution in [3.8, 4) is 0 Å². The number of halogens is 2. The van der Waals surface area contributed by atoms with E-state index in [4.69, 9.17) is 10.7 Å². The predicted octanol–water partition coefficient (Wildman–Crippen LogP) is 2.63. The Morgan fingerprint density at radius 2 is 1.95 bits per heavy atom. The molecule has 7 heteroatoms. The number of hydrogen-bond donors (Lipinski definition) is 0. The number of carbonyl (C=O) groups excluding carboxylic acids is 1. The highest BCUT2D eigenvalue weighted by atomic mass is 35.7. The first kappa shape index (κ1) is 15.3. The van der Waals surface area contributed by atoms with Crippen molar-refractivity contribution in [3.05, 3.63) is 29.6 Å². The molecule has 0 saturated carbocycles. The molecule has 0 unspecified atom stereocenters. The molecule has 0 N–H and O–H groups in total. The Hall–Kier alpha value is -1.14. The molecule has 1 aliphatic heterocycles. The van der Waals surface area contributed by atoms with Crippen molar-refractivity contribution in [1.82, 2.24) is 4.90 Å². The molecule has 1 amide bonds. The van der Waals surface area contributed by atoms with E-state index < -0.39 is 20.8 Å². The van der Waals surface area contributed by atoms with Crippen LogP contribution in [0.2, 0.25) is 0 Å². The summed E-state index contributed by atoms with van der Waals surface area (Å²) < 4.78 is 36.3. The largest absolute Gasteiger partial charge is 0.339 e. The maximum Gasteiger partial charge on any atom is 0.262 e. The highest BCUT2D eigenvalue weighted by Crippen LogP contribution is 2.24. The van der Waals surface area contributed by atoms with Crippen molar-refractivity contribution in [2.75, 3.05) is 13.1 Å². The summed E-state index contributed by atoms with van der Waals surface area (Å²) in [5.74, 6) is -0.624. The van der Waals surface area contributed by atoms with Gasteiger partial charge >= 0.3 is 0 Å². The second-order valence-corrected chi connectivity index (χ2v) is 7.59. The van der Waals surface area contributed by atoms with Crippen LogP contribution < -0.4 is 0 Å². The lowest BCUT2D eigenvalue weighted by atomic mass is 9.98. The Kier molecular flexibility index (Phi) is 4.34. The Labute approximate surface area is 121 Å². The van der Waals surface area contributed by atoms with Crippen molar-refractivity contribution in [3.63, 3.8) is 0 Å². The first-order valence-corrected chi connectivity index (χ1v) is 8.63. The Morgan fingerprint density at radius 3 is 2.50 bits per heavy atom. The van der Waals surface area contributed by atoms with Crippen LogP contribution in [0.25, 0.3) is 0 Å². The molecule has 1 aromatic rings. The summed E-state index contributed by atoms with van der Waals surface area (Å²) in [5.41, 5.74) is -0.199. The molecule has 0 spiro atoms. The lowest BCUT2D eigenvalue weighted by Gasteiger charge is -2.30. The molecular weight excluding hydrogens is 305 g/mol. The van der Waals surface area contributed by atoms with Crippen LogP contribution in [0, 0.1) is 11.7 Å². The number of carbonyl (C=O) groups is 1. The highest BCUT2D eigenvalue weighted by Gasteiger charge is 2.27. The molecule has 110 valence electrons. The van der Waals surface area contributed by atoms with E-state index in [9.17, 15) is 17.6 Å². The number of nitrogens with zero attached hydrogens (tertiary/aromatic N) is 1. The summed E-state index contributed by atoms with van der Waals surface area (Å²) in [7, 11) is 1.21. The van der Waals surface area contributed by atoms with Crippen molar-refractivity contribution < 1.29 is 17.6 Å². The number of benzene rings is 1. The predicted molar refractivity (Wildman–Crippen MR) is 73.7 cm³/mol. The molecule has 4 nitrogen and oxygen atoms in total. The number of rotatable bonds is 2. The third-order valence-corrected chi connectivity index (χ3v) is 4.89. The van der Waals surface area contributed by atoms with Crippen molar-refractivity contribution >= 4 is 25.6 Å². The Morgan fingerprint density at radius 1 is 1.35 bits per heavy atom. The Balaban J connectivity index is 2.36. The van der Waals surface area contributed by atoms with E-state index in [1.807, 2.05) is 0 Å². The van der Waals surface area contributed by atoms with Crippen LogP contribution in [0.15, 0.2) is 23.1 Å². The fourth-order valence-corrected chi connectivity index (χ4v) is 3.31. The van der Waals surface area contributed by atoms with Crippen molar-refractivity contribution in [2.45, 2.75) is 24.7 Å². The lowest BCUT2D eigenvalue weighted by Crippen LogP contribution is -2.38. The first-order chi connectivity index (χ1) is 9.29. The molecule has 1 aromatic carbocycles. The van der Waals surface area contributed by atoms with Gasteiger partial charge in [0.15, 0.2) is 0 Å². The topological polar surface area (TPSA) is 54.5 Å². The highest BCUT2D eigenvalue weighted by molar-refractivity contribution is 8.13. The van der Waals surface area contributed by atoms with Gasteiger partial charge in [-0.1, -0.05) is 6.92 Å². The fraction of sp³-hybridized carbons (Fsp3) is 0.462. The van der Waals surface area contributed by atoms with Gasteiger partial charge in [-0.2, -0.15) is 0 Å². The molecular formula is C13H15ClFNO3S. The monoisotopic (exact) mass is 319 g/mol. The molecule has 0 bridgehead atoms. The molecule has 20 heavy (non-hydrogen) atoms. The smallest absolute Gasteiger partial charge is 0.262 e. The van der Waals surface area contributed by atoms with Gasteiger partial charge in [-0.3, -0.25) is 4.79 Å². The number of hydrogen-bond acceptors (Lipinski definition) is 3. The van der Waals surface area contributed by atoms with E-state index in [0.717, 1.165) is 31.0 Å². The van der Waals surface area contributed by atoms with E-state index in [0.29, 0.717) is 19.0 Å². The summed E-state index contributed by atoms with van der Waals surface area (Å²) >= 11 is 0. The molecule has 0 aromatic heterocycles. The minimum atomic E-state index is -4.09. The third kappa shape index (κ3) is 3.30. The average molecular weight is 320 g/mol. The van der Waals surface area contributed by atoms with Crippen molar-refractivity contribution in [1.29, 1.82) is 0 Å². The molecule has 0 radical (unpaired) electrons. The van der Waals surface area contributed by atoms with Crippen LogP contribution in [0.3, 0.4) is 0 Å². The minimum absolute atomic E-state index is 0.199. The Bertz CT molecular complexity index is 625. The summed E-state index contributed by atoms with van der Waals surface area (Å²) in [6.45, 7) is 3.18. The van der Waals surface area contributed by atoms with Gasteiger partial charge in [0.1, 0.15) is 5.82 Å². The zero-order valence-corrected chi connectivity index (χ0v) is 12.5. The van der Waals surface area contributed by atoms with E-state index in [-0.39, 0.29) is 10.5 Å². The van der Waals surface area contributed by atoms with Gasteiger partial charge in [-0.15, -0.1) is 0 Å². The summed E-state index contributed by atoms with van der Waals surface area (Å²) in [5, 5.41) is 0. The summed E-state index contributed by atoms with van der Waals surface area (Å²) in [6.07, 6.45) is 1.70. The minimum Gasteiger partial charge on any atom is -0.339 e. The number of amides is 1. The molecule has 2 rings (SSSR count). The number of piperidine rings is 1. The van der Waals surface area contributed by atoms with Crippen LogP contribution in [0.1, 0.15) is 30.1 Å². The standard InChI is InChI=1S/C13H15ClFNO3S/c1-9-4-6-16(7-5-9)13(17)11-8-10(15)2-3-12(11)20(14,18)19/h2-3,8-9H,4-7H2,1H3. The van der Waals surface area contributed by atoms with E-state index in [1.165, 1.54) is 0 Å². The maximum atomic E-state index is 13.3. The molecule has 1 heterocycles. The quantitative estimate of drug-likeness (QED) is 0.787. The molecule has 1 saturated heterocycles. The number of likely N-dealkylation sites (tertiary alicyclic amines) is 1. The van der Waals surface area contributed by atoms with E-state index in [2.05, 4.69) is 6.92 Å². The van der Waals surface area contributed by atoms with Crippen molar-refractivity contribution in [2.24, 2.45) is 5.92 Å². The molecule has 1 aliphatic rings. The SMILES string of the molecule is CC1CCN(C(=O)c2cc(F)ccc2S(=O)(=O)Cl)CC1. The van der Waals surface area contributed by atoms with Gasteiger partial charge in [-0.25, -0.2) is 12.8 Å². The normalized spacial score (nSPS) is 17.2. The third-order valence-electron chi connectivity index (χ3n) is 3.51. The second-order valence-electron chi connectivity index (χ2n) is 5.05. The van der Waals surface area contributed by atoms with Gasteiger partial charge in [0.2, 0.25) is 0 Å². The second kappa shape index (κ2) is 5.69. The van der Waals surface area contributed by atoms with Crippen LogP contribution in [-0.4, -0.2) is 32.3 Å². The first-order valence-electron chi connectivity index (χ1n) is 6.32. The molecule has 1 fully saturated rings. The van der Waals surface area contributed by atoms with Crippen LogP contribution in [0.4, 0.5) is 4.39 Å². The summed E-state index contributed by atoms with van der Waals surface area (Å²) in [4.78, 5) is 13.6. The zero-order chi connectivity index (χ0) is 14.9. The van der Waals surface area contributed by atoms with Gasteiger partial charge in [0.25, 0.3) is 15.0 Å². The maximum absolute atomic E-state index is 13.3. The van der Waals surface area contributed by atoms with E-state index in [1.54, 1.807) is 4.90 Å². The zero-order valence-electron chi connectivity index (χ0n) is 11.0. The lowest BCUT2D eigenvalue weighted by molar-refractivity contribution is 0.0693. The molecule has 0 atom stereocenters. The fourth-order valence-electron chi connectivity index (χ4n) is 2.26. The van der Waals surface area contributed by atoms with Crippen LogP contribution in [-0.2, 0) is 9.05 Å². The average Bonchev–Trinajstić information content (AvgIpc) is 2.37.